The van der Waals surface area contributed by atoms with Crippen LogP contribution in [0, 0.1) is 5.92 Å². The summed E-state index contributed by atoms with van der Waals surface area (Å²) in [5.41, 5.74) is 1.44. The molecule has 2 aromatic carbocycles. The number of anilines is 1. The van der Waals surface area contributed by atoms with E-state index in [0.717, 1.165) is 12.1 Å². The van der Waals surface area contributed by atoms with Crippen LogP contribution in [-0.2, 0) is 14.8 Å². The molecule has 0 spiro atoms. The van der Waals surface area contributed by atoms with Crippen molar-refractivity contribution in [3.05, 3.63) is 60.9 Å². The quantitative estimate of drug-likeness (QED) is 0.600. The van der Waals surface area contributed by atoms with E-state index in [-0.39, 0.29) is 29.8 Å². The minimum absolute atomic E-state index is 0.118. The Labute approximate surface area is 198 Å². The summed E-state index contributed by atoms with van der Waals surface area (Å²) in [6.07, 6.45) is 5.13. The van der Waals surface area contributed by atoms with Crippen LogP contribution in [0.25, 0.3) is 5.69 Å². The van der Waals surface area contributed by atoms with Gasteiger partial charge in [-0.3, -0.25) is 4.79 Å². The molecular weight excluding hydrogens is 456 g/mol. The molecule has 3 aromatic rings. The van der Waals surface area contributed by atoms with Gasteiger partial charge in [0.1, 0.15) is 0 Å². The van der Waals surface area contributed by atoms with Crippen molar-refractivity contribution in [3.63, 3.8) is 0 Å². The van der Waals surface area contributed by atoms with E-state index in [1.54, 1.807) is 23.0 Å². The number of ether oxygens (including phenoxy) is 2. The summed E-state index contributed by atoms with van der Waals surface area (Å²) in [6, 6.07) is 14.0. The predicted octanol–water partition coefficient (Wildman–Crippen LogP) is 3.07. The number of carbonyl (C=O) groups excluding carboxylic acids is 1. The van der Waals surface area contributed by atoms with Gasteiger partial charge in [0.2, 0.25) is 15.9 Å². The molecule has 1 fully saturated rings. The zero-order valence-electron chi connectivity index (χ0n) is 18.6. The van der Waals surface area contributed by atoms with Crippen molar-refractivity contribution >= 4 is 21.6 Å². The molecule has 2 aliphatic rings. The van der Waals surface area contributed by atoms with Gasteiger partial charge in [-0.25, -0.2) is 13.1 Å². The maximum absolute atomic E-state index is 13.2. The Bertz CT molecular complexity index is 1270. The SMILES string of the molecule is O=C(Nc1ccccc1-n1cccn1)C1CCN(S(=O)(=O)c2ccc3c(c2)OCCCO3)CC1. The summed E-state index contributed by atoms with van der Waals surface area (Å²) in [4.78, 5) is 13.1. The van der Waals surface area contributed by atoms with Crippen LogP contribution in [0.1, 0.15) is 19.3 Å². The monoisotopic (exact) mass is 482 g/mol. The van der Waals surface area contributed by atoms with Crippen LogP contribution in [0.15, 0.2) is 65.8 Å². The summed E-state index contributed by atoms with van der Waals surface area (Å²) in [5, 5.41) is 7.24. The average molecular weight is 483 g/mol. The van der Waals surface area contributed by atoms with Gasteiger partial charge >= 0.3 is 0 Å². The van der Waals surface area contributed by atoms with Gasteiger partial charge in [0, 0.05) is 43.9 Å². The number of rotatable bonds is 5. The fourth-order valence-electron chi connectivity index (χ4n) is 4.24. The lowest BCUT2D eigenvalue weighted by Crippen LogP contribution is -2.41. The lowest BCUT2D eigenvalue weighted by Gasteiger charge is -2.30. The molecule has 1 saturated heterocycles. The molecule has 0 aliphatic carbocycles. The Morgan fingerprint density at radius 3 is 2.53 bits per heavy atom. The van der Waals surface area contributed by atoms with Crippen LogP contribution in [0.5, 0.6) is 11.5 Å². The van der Waals surface area contributed by atoms with E-state index in [9.17, 15) is 13.2 Å². The Morgan fingerprint density at radius 1 is 1.00 bits per heavy atom. The number of nitrogens with zero attached hydrogens (tertiary/aromatic N) is 3. The number of para-hydroxylation sites is 2. The Kier molecular flexibility index (Phi) is 6.25. The first-order chi connectivity index (χ1) is 16.5. The van der Waals surface area contributed by atoms with Crippen LogP contribution in [0.4, 0.5) is 5.69 Å². The van der Waals surface area contributed by atoms with Crippen LogP contribution in [0.3, 0.4) is 0 Å². The molecule has 34 heavy (non-hydrogen) atoms. The fourth-order valence-corrected chi connectivity index (χ4v) is 5.72. The van der Waals surface area contributed by atoms with E-state index in [0.29, 0.717) is 43.2 Å². The first kappa shape index (κ1) is 22.4. The van der Waals surface area contributed by atoms with Gasteiger partial charge in [0.25, 0.3) is 0 Å². The number of fused-ring (bicyclic) bond motifs is 1. The number of benzene rings is 2. The first-order valence-electron chi connectivity index (χ1n) is 11.3. The highest BCUT2D eigenvalue weighted by molar-refractivity contribution is 7.89. The topological polar surface area (TPSA) is 103 Å². The number of nitrogens with one attached hydrogen (secondary N) is 1. The lowest BCUT2D eigenvalue weighted by molar-refractivity contribution is -0.120. The summed E-state index contributed by atoms with van der Waals surface area (Å²) in [5.74, 6) is 0.610. The lowest BCUT2D eigenvalue weighted by atomic mass is 9.97. The second-order valence-electron chi connectivity index (χ2n) is 8.29. The van der Waals surface area contributed by atoms with Gasteiger partial charge in [0.15, 0.2) is 11.5 Å². The second-order valence-corrected chi connectivity index (χ2v) is 10.2. The molecule has 1 aromatic heterocycles. The molecule has 0 bridgehead atoms. The molecule has 9 nitrogen and oxygen atoms in total. The molecule has 3 heterocycles. The average Bonchev–Trinajstić information content (AvgIpc) is 3.29. The molecule has 1 amide bonds. The largest absolute Gasteiger partial charge is 0.490 e. The third-order valence-corrected chi connectivity index (χ3v) is 7.99. The van der Waals surface area contributed by atoms with Crippen LogP contribution >= 0.6 is 0 Å². The molecule has 0 atom stereocenters. The summed E-state index contributed by atoms with van der Waals surface area (Å²) >= 11 is 0. The normalized spacial score (nSPS) is 17.2. The molecule has 10 heteroatoms. The standard InChI is InChI=1S/C24H26N4O5S/c29-24(26-20-5-1-2-6-21(20)28-12-3-11-25-28)18-9-13-27(14-10-18)34(30,31)19-7-8-22-23(17-19)33-16-4-15-32-22/h1-3,5-8,11-12,17-18H,4,9-10,13-16H2,(H,26,29). The van der Waals surface area contributed by atoms with E-state index < -0.39 is 10.0 Å². The summed E-state index contributed by atoms with van der Waals surface area (Å²) in [7, 11) is -3.70. The van der Waals surface area contributed by atoms with E-state index in [4.69, 9.17) is 9.47 Å². The third-order valence-electron chi connectivity index (χ3n) is 6.09. The van der Waals surface area contributed by atoms with Gasteiger partial charge in [0.05, 0.1) is 29.5 Å². The minimum atomic E-state index is -3.70. The highest BCUT2D eigenvalue weighted by Gasteiger charge is 2.33. The zero-order chi connectivity index (χ0) is 23.5. The van der Waals surface area contributed by atoms with Crippen molar-refractivity contribution < 1.29 is 22.7 Å². The van der Waals surface area contributed by atoms with E-state index in [1.165, 1.54) is 10.4 Å². The maximum atomic E-state index is 13.2. The number of amides is 1. The van der Waals surface area contributed by atoms with E-state index in [1.807, 2.05) is 36.5 Å². The number of hydrogen-bond donors (Lipinski definition) is 1. The molecular formula is C24H26N4O5S. The van der Waals surface area contributed by atoms with Gasteiger partial charge in [-0.15, -0.1) is 0 Å². The number of piperidine rings is 1. The Hall–Kier alpha value is -3.37. The van der Waals surface area contributed by atoms with Gasteiger partial charge in [-0.05, 0) is 43.2 Å². The molecule has 0 saturated carbocycles. The highest BCUT2D eigenvalue weighted by atomic mass is 32.2. The van der Waals surface area contributed by atoms with Crippen molar-refractivity contribution in [2.75, 3.05) is 31.6 Å². The number of carbonyl (C=O) groups is 1. The van der Waals surface area contributed by atoms with Crippen LogP contribution in [-0.4, -0.2) is 54.7 Å². The van der Waals surface area contributed by atoms with Crippen molar-refractivity contribution in [1.82, 2.24) is 14.1 Å². The van der Waals surface area contributed by atoms with Crippen LogP contribution < -0.4 is 14.8 Å². The zero-order valence-corrected chi connectivity index (χ0v) is 19.4. The highest BCUT2D eigenvalue weighted by Crippen LogP contribution is 2.34. The minimum Gasteiger partial charge on any atom is -0.490 e. The smallest absolute Gasteiger partial charge is 0.243 e. The molecule has 0 radical (unpaired) electrons. The summed E-state index contributed by atoms with van der Waals surface area (Å²) < 4.78 is 40.8. The predicted molar refractivity (Wildman–Crippen MR) is 126 cm³/mol. The molecule has 2 aliphatic heterocycles. The number of sulfonamides is 1. The summed E-state index contributed by atoms with van der Waals surface area (Å²) in [6.45, 7) is 1.58. The van der Waals surface area contributed by atoms with E-state index in [2.05, 4.69) is 10.4 Å². The Balaban J connectivity index is 1.25. The van der Waals surface area contributed by atoms with Gasteiger partial charge < -0.3 is 14.8 Å². The first-order valence-corrected chi connectivity index (χ1v) is 12.8. The van der Waals surface area contributed by atoms with Crippen molar-refractivity contribution in [1.29, 1.82) is 0 Å². The molecule has 0 unspecified atom stereocenters. The molecule has 178 valence electrons. The number of hydrogen-bond acceptors (Lipinski definition) is 6. The van der Waals surface area contributed by atoms with Crippen molar-refractivity contribution in [2.24, 2.45) is 5.92 Å². The van der Waals surface area contributed by atoms with Crippen molar-refractivity contribution in [2.45, 2.75) is 24.2 Å². The van der Waals surface area contributed by atoms with Crippen LogP contribution in [0.2, 0.25) is 0 Å². The maximum Gasteiger partial charge on any atom is 0.243 e. The fraction of sp³-hybridized carbons (Fsp3) is 0.333. The Morgan fingerprint density at radius 2 is 1.76 bits per heavy atom. The number of aromatic nitrogens is 2. The second kappa shape index (κ2) is 9.47. The van der Waals surface area contributed by atoms with Crippen molar-refractivity contribution in [3.8, 4) is 17.2 Å². The molecule has 5 rings (SSSR count). The van der Waals surface area contributed by atoms with E-state index >= 15 is 0 Å². The van der Waals surface area contributed by atoms with Gasteiger partial charge in [-0.2, -0.15) is 9.40 Å². The molecule has 1 N–H and O–H groups in total. The van der Waals surface area contributed by atoms with Gasteiger partial charge in [-0.1, -0.05) is 12.1 Å². The third kappa shape index (κ3) is 4.51.